The molecule has 2 unspecified atom stereocenters. The number of aliphatic hydroxyl groups is 1. The molecule has 0 rings (SSSR count). The van der Waals surface area contributed by atoms with E-state index >= 15 is 0 Å². The minimum atomic E-state index is -0.334. The standard InChI is InChI=1S/C35H74NO2.ClH/c1-5-8-10-12-14-16-18-19-20-21-23-25-27-29-31-36(4,7-3)33-35(37)34-38-32-30-28-26-24-22-17-15-13-11-9-6-2;/h35,37H,5-34H2,1-4H3;1H/q+1;/p-1. The fourth-order valence-corrected chi connectivity index (χ4v) is 5.72. The van der Waals surface area contributed by atoms with Crippen LogP contribution in [0.3, 0.4) is 0 Å². The minimum absolute atomic E-state index is 0. The molecule has 1 N–H and O–H groups in total. The van der Waals surface area contributed by atoms with Crippen molar-refractivity contribution in [1.29, 1.82) is 0 Å². The van der Waals surface area contributed by atoms with Gasteiger partial charge in [-0.25, -0.2) is 0 Å². The zero-order valence-corrected chi connectivity index (χ0v) is 28.2. The van der Waals surface area contributed by atoms with Gasteiger partial charge in [0.1, 0.15) is 12.6 Å². The number of nitrogens with zero attached hydrogens (tertiary/aromatic N) is 1. The van der Waals surface area contributed by atoms with Gasteiger partial charge in [0.05, 0.1) is 26.7 Å². The predicted molar refractivity (Wildman–Crippen MR) is 170 cm³/mol. The number of rotatable bonds is 32. The number of hydrogen-bond acceptors (Lipinski definition) is 2. The first-order valence-corrected chi connectivity index (χ1v) is 17.7. The van der Waals surface area contributed by atoms with Crippen LogP contribution < -0.4 is 12.4 Å². The summed E-state index contributed by atoms with van der Waals surface area (Å²) in [7, 11) is 2.31. The maximum Gasteiger partial charge on any atom is 0.126 e. The SMILES string of the molecule is CCCCCCCCCCCCCCCC[N+](C)(CC)CC(O)COCCCCCCCCCCCCC.[Cl-]. The highest BCUT2D eigenvalue weighted by molar-refractivity contribution is 4.55. The monoisotopic (exact) mass is 576 g/mol. The van der Waals surface area contributed by atoms with Crippen molar-refractivity contribution in [3.05, 3.63) is 0 Å². The molecule has 39 heavy (non-hydrogen) atoms. The van der Waals surface area contributed by atoms with Crippen LogP contribution in [0.25, 0.3) is 0 Å². The molecule has 0 aromatic carbocycles. The second-order valence-corrected chi connectivity index (χ2v) is 12.7. The third-order valence-electron chi connectivity index (χ3n) is 8.67. The summed E-state index contributed by atoms with van der Waals surface area (Å²) >= 11 is 0. The van der Waals surface area contributed by atoms with Crippen LogP contribution in [0.2, 0.25) is 0 Å². The molecule has 0 amide bonds. The molecule has 3 nitrogen and oxygen atoms in total. The molecule has 0 aliphatic heterocycles. The molecule has 0 spiro atoms. The maximum absolute atomic E-state index is 10.6. The second kappa shape index (κ2) is 32.7. The highest BCUT2D eigenvalue weighted by Gasteiger charge is 2.23. The van der Waals surface area contributed by atoms with E-state index in [9.17, 15) is 5.11 Å². The molecule has 0 aromatic rings. The van der Waals surface area contributed by atoms with E-state index in [1.165, 1.54) is 161 Å². The first-order chi connectivity index (χ1) is 18.6. The molecule has 2 atom stereocenters. The zero-order chi connectivity index (χ0) is 28.0. The van der Waals surface area contributed by atoms with Crippen molar-refractivity contribution < 1.29 is 26.7 Å². The van der Waals surface area contributed by atoms with Crippen molar-refractivity contribution in [1.82, 2.24) is 0 Å². The van der Waals surface area contributed by atoms with Crippen molar-refractivity contribution >= 4 is 0 Å². The summed E-state index contributed by atoms with van der Waals surface area (Å²) in [5, 5.41) is 10.6. The molecule has 0 aromatic heterocycles. The van der Waals surface area contributed by atoms with Gasteiger partial charge in [-0.15, -0.1) is 0 Å². The Balaban J connectivity index is 0. The largest absolute Gasteiger partial charge is 1.00 e. The molecule has 0 bridgehead atoms. The van der Waals surface area contributed by atoms with Crippen molar-refractivity contribution in [2.45, 2.75) is 187 Å². The molecule has 0 saturated carbocycles. The summed E-state index contributed by atoms with van der Waals surface area (Å²) < 4.78 is 6.81. The highest BCUT2D eigenvalue weighted by atomic mass is 35.5. The number of unbranched alkanes of at least 4 members (excludes halogenated alkanes) is 23. The number of hydrogen-bond donors (Lipinski definition) is 1. The van der Waals surface area contributed by atoms with E-state index in [0.717, 1.165) is 30.6 Å². The smallest absolute Gasteiger partial charge is 0.126 e. The van der Waals surface area contributed by atoms with E-state index in [-0.39, 0.29) is 18.5 Å². The Hall–Kier alpha value is 0.170. The lowest BCUT2D eigenvalue weighted by atomic mass is 10.0. The van der Waals surface area contributed by atoms with Gasteiger partial charge in [0.25, 0.3) is 0 Å². The molecular weight excluding hydrogens is 502 g/mol. The Morgan fingerprint density at radius 1 is 0.513 bits per heavy atom. The van der Waals surface area contributed by atoms with Crippen molar-refractivity contribution in [3.8, 4) is 0 Å². The summed E-state index contributed by atoms with van der Waals surface area (Å²) in [5.74, 6) is 0. The van der Waals surface area contributed by atoms with Gasteiger partial charge in [-0.3, -0.25) is 0 Å². The minimum Gasteiger partial charge on any atom is -1.00 e. The van der Waals surface area contributed by atoms with Crippen LogP contribution in [0, 0.1) is 0 Å². The summed E-state index contributed by atoms with van der Waals surface area (Å²) in [6.07, 6.45) is 34.4. The van der Waals surface area contributed by atoms with Gasteiger partial charge in [0.2, 0.25) is 0 Å². The van der Waals surface area contributed by atoms with E-state index in [2.05, 4.69) is 27.8 Å². The summed E-state index contributed by atoms with van der Waals surface area (Å²) in [5.41, 5.74) is 0. The quantitative estimate of drug-likeness (QED) is 0.0660. The zero-order valence-electron chi connectivity index (χ0n) is 27.5. The van der Waals surface area contributed by atoms with Crippen molar-refractivity contribution in [2.75, 3.05) is 39.9 Å². The normalized spacial score (nSPS) is 13.8. The van der Waals surface area contributed by atoms with Gasteiger partial charge < -0.3 is 26.7 Å². The number of quaternary nitrogens is 1. The number of likely N-dealkylation sites (N-methyl/N-ethyl adjacent to an activating group) is 1. The number of ether oxygens (including phenoxy) is 1. The van der Waals surface area contributed by atoms with Crippen molar-refractivity contribution in [3.63, 3.8) is 0 Å². The molecule has 4 heteroatoms. The Morgan fingerprint density at radius 2 is 0.846 bits per heavy atom. The first-order valence-electron chi connectivity index (χ1n) is 17.7. The Labute approximate surface area is 253 Å². The average Bonchev–Trinajstić information content (AvgIpc) is 2.91. The summed E-state index contributed by atoms with van der Waals surface area (Å²) in [6.45, 7) is 11.3. The third-order valence-corrected chi connectivity index (χ3v) is 8.67. The van der Waals surface area contributed by atoms with Crippen molar-refractivity contribution in [2.24, 2.45) is 0 Å². The molecule has 0 aliphatic rings. The first kappa shape index (κ1) is 41.3. The summed E-state index contributed by atoms with van der Waals surface area (Å²) in [4.78, 5) is 0. The van der Waals surface area contributed by atoms with Crippen LogP contribution in [0.5, 0.6) is 0 Å². The van der Waals surface area contributed by atoms with E-state index in [1.807, 2.05) is 0 Å². The van der Waals surface area contributed by atoms with Crippen LogP contribution in [-0.2, 0) is 4.74 Å². The van der Waals surface area contributed by atoms with Crippen LogP contribution in [0.4, 0.5) is 0 Å². The molecule has 0 radical (unpaired) electrons. The van der Waals surface area contributed by atoms with Gasteiger partial charge in [0, 0.05) is 6.61 Å². The van der Waals surface area contributed by atoms with Gasteiger partial charge >= 0.3 is 0 Å². The fourth-order valence-electron chi connectivity index (χ4n) is 5.72. The Kier molecular flexibility index (Phi) is 34.6. The highest BCUT2D eigenvalue weighted by Crippen LogP contribution is 2.15. The lowest BCUT2D eigenvalue weighted by Crippen LogP contribution is -3.00. The van der Waals surface area contributed by atoms with Gasteiger partial charge in [-0.2, -0.15) is 0 Å². The molecule has 238 valence electrons. The second-order valence-electron chi connectivity index (χ2n) is 12.7. The van der Waals surface area contributed by atoms with Crippen LogP contribution in [0.1, 0.15) is 181 Å². The molecule has 0 heterocycles. The lowest BCUT2D eigenvalue weighted by molar-refractivity contribution is -0.911. The van der Waals surface area contributed by atoms with Crippen LogP contribution in [0.15, 0.2) is 0 Å². The third kappa shape index (κ3) is 30.9. The lowest BCUT2D eigenvalue weighted by Gasteiger charge is -2.35. The van der Waals surface area contributed by atoms with Gasteiger partial charge in [0.15, 0.2) is 0 Å². The van der Waals surface area contributed by atoms with Crippen LogP contribution in [-0.4, -0.2) is 55.6 Å². The number of halogens is 1. The predicted octanol–water partition coefficient (Wildman–Crippen LogP) is 7.63. The average molecular weight is 576 g/mol. The fraction of sp³-hybridized carbons (Fsp3) is 1.00. The topological polar surface area (TPSA) is 29.5 Å². The number of aliphatic hydroxyl groups excluding tert-OH is 1. The molecule has 0 fully saturated rings. The Bertz CT molecular complexity index is 450. The Morgan fingerprint density at radius 3 is 1.21 bits per heavy atom. The van der Waals surface area contributed by atoms with Crippen LogP contribution >= 0.6 is 0 Å². The maximum atomic E-state index is 10.6. The molecule has 0 saturated heterocycles. The molecular formula is C35H74ClNO2. The van der Waals surface area contributed by atoms with E-state index in [1.54, 1.807) is 0 Å². The van der Waals surface area contributed by atoms with E-state index in [0.29, 0.717) is 6.61 Å². The van der Waals surface area contributed by atoms with E-state index < -0.39 is 0 Å². The van der Waals surface area contributed by atoms with E-state index in [4.69, 9.17) is 4.74 Å². The van der Waals surface area contributed by atoms with Gasteiger partial charge in [-0.1, -0.05) is 155 Å². The van der Waals surface area contributed by atoms with Gasteiger partial charge in [-0.05, 0) is 26.2 Å². The molecule has 0 aliphatic carbocycles. The summed E-state index contributed by atoms with van der Waals surface area (Å²) in [6, 6.07) is 0.